The van der Waals surface area contributed by atoms with Crippen molar-refractivity contribution in [1.82, 2.24) is 0 Å². The second-order valence-corrected chi connectivity index (χ2v) is 5.09. The summed E-state index contributed by atoms with van der Waals surface area (Å²) in [6, 6.07) is 8.46. The lowest BCUT2D eigenvalue weighted by atomic mass is 10.1. The first-order valence-electron chi connectivity index (χ1n) is 7.76. The average Bonchev–Trinajstić information content (AvgIpc) is 2.48. The zero-order valence-corrected chi connectivity index (χ0v) is 13.0. The summed E-state index contributed by atoms with van der Waals surface area (Å²) in [7, 11) is 1.69. The molecule has 0 heterocycles. The molecule has 0 aromatic heterocycles. The molecule has 114 valence electrons. The predicted molar refractivity (Wildman–Crippen MR) is 85.2 cm³/mol. The third kappa shape index (κ3) is 8.18. The molecule has 1 aromatic rings. The van der Waals surface area contributed by atoms with Crippen molar-refractivity contribution in [3.05, 3.63) is 29.8 Å². The standard InChI is InChI=1S/C17H29NO2/c1-3-4-5-6-7-11-18-17-10-8-9-16(14-17)15-20-13-12-19-2/h8-10,14,18H,3-7,11-13,15H2,1-2H3. The predicted octanol–water partition coefficient (Wildman–Crippen LogP) is 4.23. The minimum absolute atomic E-state index is 0.644. The van der Waals surface area contributed by atoms with E-state index in [0.29, 0.717) is 19.8 Å². The van der Waals surface area contributed by atoms with Gasteiger partial charge in [-0.15, -0.1) is 0 Å². The maximum atomic E-state index is 5.53. The lowest BCUT2D eigenvalue weighted by molar-refractivity contribution is 0.0617. The molecule has 0 bridgehead atoms. The van der Waals surface area contributed by atoms with Crippen molar-refractivity contribution >= 4 is 5.69 Å². The van der Waals surface area contributed by atoms with Crippen molar-refractivity contribution in [2.75, 3.05) is 32.2 Å². The van der Waals surface area contributed by atoms with Gasteiger partial charge in [-0.1, -0.05) is 44.7 Å². The minimum Gasteiger partial charge on any atom is -0.385 e. The van der Waals surface area contributed by atoms with Crippen LogP contribution in [0.1, 0.15) is 44.6 Å². The van der Waals surface area contributed by atoms with Gasteiger partial charge in [0, 0.05) is 19.3 Å². The van der Waals surface area contributed by atoms with E-state index in [2.05, 4.69) is 36.5 Å². The van der Waals surface area contributed by atoms with Crippen LogP contribution in [-0.2, 0) is 16.1 Å². The number of anilines is 1. The van der Waals surface area contributed by atoms with Crippen LogP contribution >= 0.6 is 0 Å². The highest BCUT2D eigenvalue weighted by Gasteiger charge is 1.97. The number of hydrogen-bond acceptors (Lipinski definition) is 3. The molecule has 0 aliphatic rings. The maximum absolute atomic E-state index is 5.53. The van der Waals surface area contributed by atoms with E-state index in [4.69, 9.17) is 9.47 Å². The van der Waals surface area contributed by atoms with Crippen LogP contribution < -0.4 is 5.32 Å². The molecule has 0 saturated heterocycles. The molecule has 0 radical (unpaired) electrons. The second kappa shape index (κ2) is 11.7. The van der Waals surface area contributed by atoms with Crippen molar-refractivity contribution in [1.29, 1.82) is 0 Å². The molecule has 0 amide bonds. The van der Waals surface area contributed by atoms with Crippen LogP contribution in [0.25, 0.3) is 0 Å². The first-order valence-corrected chi connectivity index (χ1v) is 7.76. The number of hydrogen-bond donors (Lipinski definition) is 1. The number of unbranched alkanes of at least 4 members (excludes halogenated alkanes) is 4. The van der Waals surface area contributed by atoms with E-state index in [0.717, 1.165) is 6.54 Å². The molecular formula is C17H29NO2. The van der Waals surface area contributed by atoms with E-state index in [1.54, 1.807) is 7.11 Å². The summed E-state index contributed by atoms with van der Waals surface area (Å²) in [5, 5.41) is 3.48. The summed E-state index contributed by atoms with van der Waals surface area (Å²) in [5.41, 5.74) is 2.39. The van der Waals surface area contributed by atoms with Gasteiger partial charge in [0.05, 0.1) is 19.8 Å². The SMILES string of the molecule is CCCCCCCNc1cccc(COCCOC)c1. The highest BCUT2D eigenvalue weighted by molar-refractivity contribution is 5.45. The number of rotatable bonds is 12. The van der Waals surface area contributed by atoms with Crippen molar-refractivity contribution in [2.45, 2.75) is 45.6 Å². The summed E-state index contributed by atoms with van der Waals surface area (Å²) < 4.78 is 10.5. The smallest absolute Gasteiger partial charge is 0.0718 e. The molecule has 3 nitrogen and oxygen atoms in total. The lowest BCUT2D eigenvalue weighted by Gasteiger charge is -2.09. The Balaban J connectivity index is 2.18. The van der Waals surface area contributed by atoms with Crippen LogP contribution in [0.3, 0.4) is 0 Å². The third-order valence-corrected chi connectivity index (χ3v) is 3.24. The Hall–Kier alpha value is -1.06. The molecule has 1 N–H and O–H groups in total. The molecule has 0 aliphatic carbocycles. The largest absolute Gasteiger partial charge is 0.385 e. The van der Waals surface area contributed by atoms with Gasteiger partial charge >= 0.3 is 0 Å². The Morgan fingerprint density at radius 3 is 2.70 bits per heavy atom. The zero-order valence-electron chi connectivity index (χ0n) is 13.0. The third-order valence-electron chi connectivity index (χ3n) is 3.24. The minimum atomic E-state index is 0.644. The number of methoxy groups -OCH3 is 1. The average molecular weight is 279 g/mol. The Morgan fingerprint density at radius 1 is 1.05 bits per heavy atom. The van der Waals surface area contributed by atoms with Crippen molar-refractivity contribution in [3.8, 4) is 0 Å². The Morgan fingerprint density at radius 2 is 1.90 bits per heavy atom. The molecule has 3 heteroatoms. The van der Waals surface area contributed by atoms with Crippen molar-refractivity contribution < 1.29 is 9.47 Å². The highest BCUT2D eigenvalue weighted by Crippen LogP contribution is 2.12. The Kier molecular flexibility index (Phi) is 9.98. The molecule has 0 saturated carbocycles. The molecule has 1 rings (SSSR count). The number of ether oxygens (including phenoxy) is 2. The van der Waals surface area contributed by atoms with Gasteiger partial charge in [0.15, 0.2) is 0 Å². The first-order chi connectivity index (χ1) is 9.86. The fourth-order valence-corrected chi connectivity index (χ4v) is 2.06. The quantitative estimate of drug-likeness (QED) is 0.581. The van der Waals surface area contributed by atoms with Crippen molar-refractivity contribution in [3.63, 3.8) is 0 Å². The van der Waals surface area contributed by atoms with Gasteiger partial charge in [0.1, 0.15) is 0 Å². The summed E-state index contributed by atoms with van der Waals surface area (Å²) in [4.78, 5) is 0. The van der Waals surface area contributed by atoms with Crippen LogP contribution in [0.15, 0.2) is 24.3 Å². The molecule has 0 fully saturated rings. The van der Waals surface area contributed by atoms with Gasteiger partial charge in [-0.2, -0.15) is 0 Å². The van der Waals surface area contributed by atoms with Gasteiger partial charge in [0.25, 0.3) is 0 Å². The van der Waals surface area contributed by atoms with E-state index < -0.39 is 0 Å². The molecule has 1 aromatic carbocycles. The van der Waals surface area contributed by atoms with Crippen molar-refractivity contribution in [2.24, 2.45) is 0 Å². The number of nitrogens with one attached hydrogen (secondary N) is 1. The van der Waals surface area contributed by atoms with Crippen LogP contribution in [0.2, 0.25) is 0 Å². The summed E-state index contributed by atoms with van der Waals surface area (Å²) in [6.45, 7) is 5.24. The molecule has 0 atom stereocenters. The summed E-state index contributed by atoms with van der Waals surface area (Å²) in [6.07, 6.45) is 6.58. The van der Waals surface area contributed by atoms with Gasteiger partial charge in [-0.25, -0.2) is 0 Å². The maximum Gasteiger partial charge on any atom is 0.0718 e. The van der Waals surface area contributed by atoms with Crippen LogP contribution in [0.5, 0.6) is 0 Å². The molecular weight excluding hydrogens is 250 g/mol. The van der Waals surface area contributed by atoms with E-state index in [9.17, 15) is 0 Å². The Bertz CT molecular complexity index is 342. The molecule has 20 heavy (non-hydrogen) atoms. The normalized spacial score (nSPS) is 10.7. The van der Waals surface area contributed by atoms with Gasteiger partial charge in [0.2, 0.25) is 0 Å². The van der Waals surface area contributed by atoms with Crippen LogP contribution in [0, 0.1) is 0 Å². The molecule has 0 spiro atoms. The summed E-state index contributed by atoms with van der Waals surface area (Å²) in [5.74, 6) is 0. The topological polar surface area (TPSA) is 30.5 Å². The van der Waals surface area contributed by atoms with E-state index >= 15 is 0 Å². The zero-order chi connectivity index (χ0) is 14.5. The lowest BCUT2D eigenvalue weighted by Crippen LogP contribution is -2.04. The van der Waals surface area contributed by atoms with Crippen LogP contribution in [-0.4, -0.2) is 26.9 Å². The fourth-order valence-electron chi connectivity index (χ4n) is 2.06. The van der Waals surface area contributed by atoms with E-state index in [1.807, 2.05) is 0 Å². The highest BCUT2D eigenvalue weighted by atomic mass is 16.5. The van der Waals surface area contributed by atoms with Gasteiger partial charge in [-0.05, 0) is 24.1 Å². The van der Waals surface area contributed by atoms with Gasteiger partial charge < -0.3 is 14.8 Å². The van der Waals surface area contributed by atoms with Crippen LogP contribution in [0.4, 0.5) is 5.69 Å². The first kappa shape index (κ1) is 17.0. The molecule has 0 aliphatic heterocycles. The van der Waals surface area contributed by atoms with E-state index in [1.165, 1.54) is 43.4 Å². The molecule has 0 unspecified atom stereocenters. The monoisotopic (exact) mass is 279 g/mol. The second-order valence-electron chi connectivity index (χ2n) is 5.09. The Labute approximate surface area is 123 Å². The number of benzene rings is 1. The fraction of sp³-hybridized carbons (Fsp3) is 0.647. The van der Waals surface area contributed by atoms with E-state index in [-0.39, 0.29) is 0 Å². The summed E-state index contributed by atoms with van der Waals surface area (Å²) >= 11 is 0. The van der Waals surface area contributed by atoms with Gasteiger partial charge in [-0.3, -0.25) is 0 Å².